The number of pyridine rings is 1. The summed E-state index contributed by atoms with van der Waals surface area (Å²) in [6.45, 7) is 0.616. The van der Waals surface area contributed by atoms with Crippen LogP contribution >= 0.6 is 0 Å². The number of nitrogens with zero attached hydrogens (tertiary/aromatic N) is 1. The fourth-order valence-corrected chi connectivity index (χ4v) is 3.38. The Labute approximate surface area is 148 Å². The first-order chi connectivity index (χ1) is 12.3. The van der Waals surface area contributed by atoms with Gasteiger partial charge in [-0.2, -0.15) is 13.2 Å². The third-order valence-electron chi connectivity index (χ3n) is 4.86. The highest BCUT2D eigenvalue weighted by Crippen LogP contribution is 2.39. The maximum absolute atomic E-state index is 13.6. The van der Waals surface area contributed by atoms with Gasteiger partial charge in [0.15, 0.2) is 5.78 Å². The molecule has 1 aliphatic rings. The summed E-state index contributed by atoms with van der Waals surface area (Å²) in [4.78, 5) is 15.6. The molecule has 0 N–H and O–H groups in total. The molecule has 140 valence electrons. The van der Waals surface area contributed by atoms with E-state index in [0.717, 1.165) is 0 Å². The van der Waals surface area contributed by atoms with E-state index in [4.69, 9.17) is 4.74 Å². The zero-order valence-corrected chi connectivity index (χ0v) is 14.3. The zero-order valence-electron chi connectivity index (χ0n) is 14.3. The smallest absolute Gasteiger partial charge is 0.391 e. The van der Waals surface area contributed by atoms with Gasteiger partial charge in [-0.3, -0.25) is 4.79 Å². The number of hydrogen-bond donors (Lipinski definition) is 0. The second-order valence-electron chi connectivity index (χ2n) is 6.63. The van der Waals surface area contributed by atoms with Crippen molar-refractivity contribution in [3.05, 3.63) is 35.5 Å². The standard InChI is InChI=1S/C19H19F4NO2/c1-11(25)16-7-6-14-15(10-20)18(9-8-17(14)24-16)26-13-4-2-12(3-5-13)19(21,22)23/h6-9,12-13H,2-5,10H2,1H3/t12-,13+. The van der Waals surface area contributed by atoms with Crippen LogP contribution in [0.4, 0.5) is 17.6 Å². The molecule has 1 saturated carbocycles. The number of carbonyl (C=O) groups is 1. The lowest BCUT2D eigenvalue weighted by molar-refractivity contribution is -0.185. The van der Waals surface area contributed by atoms with Gasteiger partial charge in [0.25, 0.3) is 0 Å². The average Bonchev–Trinajstić information content (AvgIpc) is 2.60. The van der Waals surface area contributed by atoms with Gasteiger partial charge in [-0.05, 0) is 43.9 Å². The van der Waals surface area contributed by atoms with Crippen LogP contribution in [-0.4, -0.2) is 23.0 Å². The summed E-state index contributed by atoms with van der Waals surface area (Å²) >= 11 is 0. The highest BCUT2D eigenvalue weighted by molar-refractivity contribution is 5.95. The quantitative estimate of drug-likeness (QED) is 0.535. The second-order valence-corrected chi connectivity index (χ2v) is 6.63. The van der Waals surface area contributed by atoms with Crippen molar-refractivity contribution in [3.8, 4) is 5.75 Å². The molecule has 1 aliphatic carbocycles. The van der Waals surface area contributed by atoms with Crippen LogP contribution in [0.2, 0.25) is 0 Å². The van der Waals surface area contributed by atoms with E-state index in [-0.39, 0.29) is 37.6 Å². The van der Waals surface area contributed by atoms with Gasteiger partial charge < -0.3 is 4.74 Å². The first-order valence-electron chi connectivity index (χ1n) is 8.52. The van der Waals surface area contributed by atoms with Crippen LogP contribution in [0.1, 0.15) is 48.7 Å². The summed E-state index contributed by atoms with van der Waals surface area (Å²) in [7, 11) is 0. The first-order valence-corrected chi connectivity index (χ1v) is 8.52. The maximum Gasteiger partial charge on any atom is 0.391 e. The molecular weight excluding hydrogens is 350 g/mol. The normalized spacial score (nSPS) is 21.0. The summed E-state index contributed by atoms with van der Waals surface area (Å²) in [6.07, 6.45) is -3.91. The molecule has 0 atom stereocenters. The molecule has 26 heavy (non-hydrogen) atoms. The van der Waals surface area contributed by atoms with Gasteiger partial charge >= 0.3 is 6.18 Å². The van der Waals surface area contributed by atoms with Crippen molar-refractivity contribution in [3.63, 3.8) is 0 Å². The lowest BCUT2D eigenvalue weighted by Gasteiger charge is -2.30. The molecule has 1 aromatic heterocycles. The summed E-state index contributed by atoms with van der Waals surface area (Å²) in [6, 6.07) is 6.37. The monoisotopic (exact) mass is 369 g/mol. The maximum atomic E-state index is 13.6. The summed E-state index contributed by atoms with van der Waals surface area (Å²) in [5.41, 5.74) is 1.09. The van der Waals surface area contributed by atoms with E-state index in [0.29, 0.717) is 27.9 Å². The number of Topliss-reactive ketones (excluding diaryl/α,β-unsaturated/α-hetero) is 1. The molecule has 3 rings (SSSR count). The summed E-state index contributed by atoms with van der Waals surface area (Å²) in [5.74, 6) is -1.14. The number of aromatic nitrogens is 1. The zero-order chi connectivity index (χ0) is 18.9. The lowest BCUT2D eigenvalue weighted by Crippen LogP contribution is -2.32. The molecule has 3 nitrogen and oxygen atoms in total. The van der Waals surface area contributed by atoms with Crippen LogP contribution in [0.5, 0.6) is 5.75 Å². The van der Waals surface area contributed by atoms with E-state index in [2.05, 4.69) is 4.98 Å². The van der Waals surface area contributed by atoms with Crippen LogP contribution in [0.15, 0.2) is 24.3 Å². The van der Waals surface area contributed by atoms with Crippen molar-refractivity contribution in [2.75, 3.05) is 0 Å². The number of halogens is 4. The van der Waals surface area contributed by atoms with E-state index in [1.807, 2.05) is 0 Å². The van der Waals surface area contributed by atoms with Gasteiger partial charge in [-0.1, -0.05) is 6.07 Å². The minimum atomic E-state index is -4.17. The number of rotatable bonds is 4. The molecule has 0 bridgehead atoms. The van der Waals surface area contributed by atoms with Crippen molar-refractivity contribution < 1.29 is 27.1 Å². The third kappa shape index (κ3) is 3.81. The molecule has 0 aliphatic heterocycles. The Morgan fingerprint density at radius 1 is 1.15 bits per heavy atom. The summed E-state index contributed by atoms with van der Waals surface area (Å²) < 4.78 is 57.7. The molecule has 0 saturated heterocycles. The molecule has 1 fully saturated rings. The van der Waals surface area contributed by atoms with Crippen molar-refractivity contribution in [2.24, 2.45) is 5.92 Å². The third-order valence-corrected chi connectivity index (χ3v) is 4.86. The number of hydrogen-bond acceptors (Lipinski definition) is 3. The Hall–Kier alpha value is -2.18. The highest BCUT2D eigenvalue weighted by atomic mass is 19.4. The Kier molecular flexibility index (Phi) is 5.16. The largest absolute Gasteiger partial charge is 0.490 e. The van der Waals surface area contributed by atoms with Crippen molar-refractivity contribution in [2.45, 2.75) is 51.6 Å². The van der Waals surface area contributed by atoms with E-state index in [1.165, 1.54) is 13.0 Å². The topological polar surface area (TPSA) is 39.2 Å². The Bertz CT molecular complexity index is 811. The number of alkyl halides is 4. The van der Waals surface area contributed by atoms with Crippen molar-refractivity contribution in [1.29, 1.82) is 0 Å². The van der Waals surface area contributed by atoms with E-state index < -0.39 is 18.8 Å². The van der Waals surface area contributed by atoms with E-state index >= 15 is 0 Å². The number of carbonyl (C=O) groups excluding carboxylic acids is 1. The van der Waals surface area contributed by atoms with Crippen molar-refractivity contribution >= 4 is 16.7 Å². The van der Waals surface area contributed by atoms with Gasteiger partial charge in [0, 0.05) is 17.9 Å². The Balaban J connectivity index is 1.80. The van der Waals surface area contributed by atoms with Crippen molar-refractivity contribution in [1.82, 2.24) is 4.98 Å². The van der Waals surface area contributed by atoms with Gasteiger partial charge in [0.1, 0.15) is 18.1 Å². The number of ether oxygens (including phenoxy) is 1. The van der Waals surface area contributed by atoms with Gasteiger partial charge in [0.2, 0.25) is 0 Å². The molecular formula is C19H19F4NO2. The fourth-order valence-electron chi connectivity index (χ4n) is 3.38. The molecule has 0 spiro atoms. The van der Waals surface area contributed by atoms with Crippen LogP contribution in [0.25, 0.3) is 10.9 Å². The minimum Gasteiger partial charge on any atom is -0.490 e. The Morgan fingerprint density at radius 2 is 1.85 bits per heavy atom. The van der Waals surface area contributed by atoms with E-state index in [9.17, 15) is 22.4 Å². The lowest BCUT2D eigenvalue weighted by atomic mass is 9.87. The second kappa shape index (κ2) is 7.21. The van der Waals surface area contributed by atoms with E-state index in [1.54, 1.807) is 18.2 Å². The van der Waals surface area contributed by atoms with Crippen LogP contribution in [0.3, 0.4) is 0 Å². The highest BCUT2D eigenvalue weighted by Gasteiger charge is 2.41. The van der Waals surface area contributed by atoms with Crippen LogP contribution in [-0.2, 0) is 6.67 Å². The predicted octanol–water partition coefficient (Wildman–Crippen LogP) is 5.41. The molecule has 2 aromatic rings. The van der Waals surface area contributed by atoms with Gasteiger partial charge in [-0.25, -0.2) is 9.37 Å². The molecule has 1 heterocycles. The summed E-state index contributed by atoms with van der Waals surface area (Å²) in [5, 5.41) is 0.541. The number of benzene rings is 1. The average molecular weight is 369 g/mol. The molecule has 0 unspecified atom stereocenters. The van der Waals surface area contributed by atoms with Crippen LogP contribution in [0, 0.1) is 5.92 Å². The fraction of sp³-hybridized carbons (Fsp3) is 0.474. The molecule has 0 radical (unpaired) electrons. The predicted molar refractivity (Wildman–Crippen MR) is 89.0 cm³/mol. The number of ketones is 1. The van der Waals surface area contributed by atoms with Crippen LogP contribution < -0.4 is 4.74 Å². The van der Waals surface area contributed by atoms with Gasteiger partial charge in [-0.15, -0.1) is 0 Å². The number of fused-ring (bicyclic) bond motifs is 1. The molecule has 7 heteroatoms. The molecule has 1 aromatic carbocycles. The first kappa shape index (κ1) is 18.6. The SMILES string of the molecule is CC(=O)c1ccc2c(CF)c(O[C@H]3CC[C@@H](C(F)(F)F)CC3)ccc2n1. The molecule has 0 amide bonds. The van der Waals surface area contributed by atoms with Gasteiger partial charge in [0.05, 0.1) is 17.5 Å². The Morgan fingerprint density at radius 3 is 2.42 bits per heavy atom. The minimum absolute atomic E-state index is 0.0240.